The molecule has 3 rings (SSSR count). The number of amides is 1. The van der Waals surface area contributed by atoms with Crippen molar-refractivity contribution in [2.45, 2.75) is 6.92 Å². The van der Waals surface area contributed by atoms with E-state index in [1.807, 2.05) is 6.07 Å². The Kier molecular flexibility index (Phi) is 6.39. The lowest BCUT2D eigenvalue weighted by Crippen LogP contribution is -2.21. The third-order valence-electron chi connectivity index (χ3n) is 3.71. The minimum Gasteiger partial charge on any atom is -0.484 e. The third-order valence-corrected chi connectivity index (χ3v) is 4.87. The zero-order valence-corrected chi connectivity index (χ0v) is 15.9. The molecular weight excluding hydrogens is 381 g/mol. The Balaban J connectivity index is 1.78. The molecular formula is C21H18FNO4S. The van der Waals surface area contributed by atoms with E-state index in [0.717, 1.165) is 5.56 Å². The van der Waals surface area contributed by atoms with E-state index in [9.17, 15) is 14.0 Å². The van der Waals surface area contributed by atoms with Crippen LogP contribution in [0.25, 0.3) is 10.4 Å². The maximum Gasteiger partial charge on any atom is 0.350 e. The number of anilines is 1. The lowest BCUT2D eigenvalue weighted by Gasteiger charge is -2.08. The van der Waals surface area contributed by atoms with Crippen LogP contribution in [-0.4, -0.2) is 25.1 Å². The monoisotopic (exact) mass is 399 g/mol. The zero-order valence-electron chi connectivity index (χ0n) is 15.1. The van der Waals surface area contributed by atoms with E-state index >= 15 is 0 Å². The first-order valence-corrected chi connectivity index (χ1v) is 9.43. The summed E-state index contributed by atoms with van der Waals surface area (Å²) in [6.45, 7) is 1.72. The fourth-order valence-corrected chi connectivity index (χ4v) is 3.45. The van der Waals surface area contributed by atoms with Gasteiger partial charge in [-0.2, -0.15) is 0 Å². The number of carbonyl (C=O) groups excluding carboxylic acids is 2. The molecule has 0 radical (unpaired) electrons. The van der Waals surface area contributed by atoms with Gasteiger partial charge in [-0.25, -0.2) is 9.18 Å². The first-order chi connectivity index (χ1) is 13.6. The van der Waals surface area contributed by atoms with Gasteiger partial charge in [0.25, 0.3) is 5.91 Å². The fourth-order valence-electron chi connectivity index (χ4n) is 2.44. The summed E-state index contributed by atoms with van der Waals surface area (Å²) in [5, 5.41) is 2.69. The molecule has 1 heterocycles. The smallest absolute Gasteiger partial charge is 0.350 e. The number of rotatable bonds is 7. The number of hydrogen-bond donors (Lipinski definition) is 1. The van der Waals surface area contributed by atoms with E-state index in [0.29, 0.717) is 16.3 Å². The molecule has 0 spiro atoms. The summed E-state index contributed by atoms with van der Waals surface area (Å²) in [7, 11) is 0. The average molecular weight is 399 g/mol. The van der Waals surface area contributed by atoms with Crippen molar-refractivity contribution in [1.82, 2.24) is 0 Å². The Morgan fingerprint density at radius 1 is 1.07 bits per heavy atom. The highest BCUT2D eigenvalue weighted by Crippen LogP contribution is 2.35. The molecule has 3 aromatic rings. The lowest BCUT2D eigenvalue weighted by atomic mass is 10.2. The van der Waals surface area contributed by atoms with Gasteiger partial charge in [-0.05, 0) is 42.8 Å². The number of thiophene rings is 1. The van der Waals surface area contributed by atoms with Gasteiger partial charge in [0.1, 0.15) is 16.4 Å². The standard InChI is InChI=1S/C21H18FNO4S/c1-2-26-21(25)20-17(12-18(28-20)14-8-10-15(22)11-9-14)23-19(24)13-27-16-6-4-3-5-7-16/h3-12H,2,13H2,1H3,(H,23,24). The zero-order chi connectivity index (χ0) is 19.9. The van der Waals surface area contributed by atoms with Crippen LogP contribution in [0.1, 0.15) is 16.6 Å². The highest BCUT2D eigenvalue weighted by atomic mass is 32.1. The van der Waals surface area contributed by atoms with Gasteiger partial charge in [0.05, 0.1) is 12.3 Å². The molecule has 7 heteroatoms. The van der Waals surface area contributed by atoms with Crippen LogP contribution in [0.3, 0.4) is 0 Å². The number of para-hydroxylation sites is 1. The molecule has 1 amide bonds. The van der Waals surface area contributed by atoms with Crippen molar-refractivity contribution in [3.05, 3.63) is 71.4 Å². The van der Waals surface area contributed by atoms with E-state index in [1.165, 1.54) is 23.5 Å². The van der Waals surface area contributed by atoms with Gasteiger partial charge in [-0.1, -0.05) is 30.3 Å². The van der Waals surface area contributed by atoms with Crippen LogP contribution >= 0.6 is 11.3 Å². The van der Waals surface area contributed by atoms with Gasteiger partial charge in [0.2, 0.25) is 0 Å². The van der Waals surface area contributed by atoms with Gasteiger partial charge in [-0.3, -0.25) is 4.79 Å². The molecule has 28 heavy (non-hydrogen) atoms. The summed E-state index contributed by atoms with van der Waals surface area (Å²) in [4.78, 5) is 25.5. The van der Waals surface area contributed by atoms with Crippen LogP contribution in [0, 0.1) is 5.82 Å². The normalized spacial score (nSPS) is 10.4. The molecule has 0 aliphatic carbocycles. The van der Waals surface area contributed by atoms with Crippen LogP contribution in [0.15, 0.2) is 60.7 Å². The Morgan fingerprint density at radius 3 is 2.46 bits per heavy atom. The molecule has 0 fully saturated rings. The van der Waals surface area contributed by atoms with Gasteiger partial charge >= 0.3 is 5.97 Å². The predicted octanol–water partition coefficient (Wildman–Crippen LogP) is 4.75. The Morgan fingerprint density at radius 2 is 1.79 bits per heavy atom. The summed E-state index contributed by atoms with van der Waals surface area (Å²) < 4.78 is 23.7. The fraction of sp³-hybridized carbons (Fsp3) is 0.143. The minimum atomic E-state index is -0.528. The molecule has 1 N–H and O–H groups in total. The lowest BCUT2D eigenvalue weighted by molar-refractivity contribution is -0.118. The van der Waals surface area contributed by atoms with Crippen LogP contribution in [0.5, 0.6) is 5.75 Å². The average Bonchev–Trinajstić information content (AvgIpc) is 3.12. The summed E-state index contributed by atoms with van der Waals surface area (Å²) in [5.74, 6) is -0.712. The Labute approximate surface area is 165 Å². The largest absolute Gasteiger partial charge is 0.484 e. The van der Waals surface area contributed by atoms with Crippen molar-refractivity contribution in [2.24, 2.45) is 0 Å². The quantitative estimate of drug-likeness (QED) is 0.583. The molecule has 1 aromatic heterocycles. The van der Waals surface area contributed by atoms with Crippen LogP contribution in [0.2, 0.25) is 0 Å². The van der Waals surface area contributed by atoms with Crippen molar-refractivity contribution in [2.75, 3.05) is 18.5 Å². The van der Waals surface area contributed by atoms with Crippen molar-refractivity contribution >= 4 is 28.9 Å². The van der Waals surface area contributed by atoms with E-state index in [4.69, 9.17) is 9.47 Å². The number of benzene rings is 2. The maximum absolute atomic E-state index is 13.2. The third kappa shape index (κ3) is 4.95. The van der Waals surface area contributed by atoms with Gasteiger partial charge in [0, 0.05) is 4.88 Å². The molecule has 0 aliphatic heterocycles. The second-order valence-corrected chi connectivity index (χ2v) is 6.78. The van der Waals surface area contributed by atoms with E-state index < -0.39 is 11.9 Å². The van der Waals surface area contributed by atoms with E-state index in [-0.39, 0.29) is 23.9 Å². The predicted molar refractivity (Wildman–Crippen MR) is 106 cm³/mol. The first kappa shape index (κ1) is 19.6. The SMILES string of the molecule is CCOC(=O)c1sc(-c2ccc(F)cc2)cc1NC(=O)COc1ccccc1. The Bertz CT molecular complexity index is 954. The summed E-state index contributed by atoms with van der Waals surface area (Å²) in [6, 6.07) is 16.5. The summed E-state index contributed by atoms with van der Waals surface area (Å²) in [6.07, 6.45) is 0. The van der Waals surface area contributed by atoms with Crippen LogP contribution in [0.4, 0.5) is 10.1 Å². The highest BCUT2D eigenvalue weighted by molar-refractivity contribution is 7.18. The number of carbonyl (C=O) groups is 2. The molecule has 0 saturated heterocycles. The maximum atomic E-state index is 13.2. The number of hydrogen-bond acceptors (Lipinski definition) is 5. The second-order valence-electron chi connectivity index (χ2n) is 5.73. The van der Waals surface area contributed by atoms with Crippen molar-refractivity contribution in [3.8, 4) is 16.2 Å². The molecule has 0 atom stereocenters. The molecule has 5 nitrogen and oxygen atoms in total. The minimum absolute atomic E-state index is 0.200. The number of nitrogens with one attached hydrogen (secondary N) is 1. The van der Waals surface area contributed by atoms with Gasteiger partial charge < -0.3 is 14.8 Å². The van der Waals surface area contributed by atoms with E-state index in [1.54, 1.807) is 49.4 Å². The van der Waals surface area contributed by atoms with Crippen LogP contribution < -0.4 is 10.1 Å². The first-order valence-electron chi connectivity index (χ1n) is 8.61. The van der Waals surface area contributed by atoms with Gasteiger partial charge in [0.15, 0.2) is 6.61 Å². The summed E-state index contributed by atoms with van der Waals surface area (Å²) in [5.41, 5.74) is 1.07. The van der Waals surface area contributed by atoms with Crippen molar-refractivity contribution in [3.63, 3.8) is 0 Å². The molecule has 144 valence electrons. The van der Waals surface area contributed by atoms with Crippen molar-refractivity contribution < 1.29 is 23.5 Å². The molecule has 2 aromatic carbocycles. The van der Waals surface area contributed by atoms with Gasteiger partial charge in [-0.15, -0.1) is 11.3 Å². The molecule has 0 aliphatic rings. The topological polar surface area (TPSA) is 64.6 Å². The number of halogens is 1. The highest BCUT2D eigenvalue weighted by Gasteiger charge is 2.20. The molecule has 0 unspecified atom stereocenters. The molecule has 0 bridgehead atoms. The van der Waals surface area contributed by atoms with Crippen molar-refractivity contribution in [1.29, 1.82) is 0 Å². The summed E-state index contributed by atoms with van der Waals surface area (Å²) >= 11 is 1.17. The second kappa shape index (κ2) is 9.14. The Hall–Kier alpha value is -3.19. The van der Waals surface area contributed by atoms with E-state index in [2.05, 4.69) is 5.32 Å². The molecule has 0 saturated carbocycles. The number of ether oxygens (including phenoxy) is 2. The van der Waals surface area contributed by atoms with Crippen LogP contribution in [-0.2, 0) is 9.53 Å². The number of esters is 1.